The first kappa shape index (κ1) is 19.0. The Hall–Kier alpha value is -3.01. The number of halogens is 1. The van der Waals surface area contributed by atoms with E-state index in [9.17, 15) is 0 Å². The van der Waals surface area contributed by atoms with Gasteiger partial charge in [0.2, 0.25) is 0 Å². The van der Waals surface area contributed by atoms with Crippen molar-refractivity contribution >= 4 is 11.6 Å². The number of ether oxygens (including phenoxy) is 2. The molecule has 3 aromatic heterocycles. The number of nitrogens with zero attached hydrogens (tertiary/aromatic N) is 6. The average molecular weight is 427 g/mol. The summed E-state index contributed by atoms with van der Waals surface area (Å²) in [4.78, 5) is 9.04. The lowest BCUT2D eigenvalue weighted by Crippen LogP contribution is -2.02. The molecule has 0 amide bonds. The van der Waals surface area contributed by atoms with Gasteiger partial charge in [-0.15, -0.1) is 0 Å². The van der Waals surface area contributed by atoms with Gasteiger partial charge in [-0.05, 0) is 18.2 Å². The molecule has 154 valence electrons. The number of hydrogen-bond donors (Lipinski definition) is 0. The second kappa shape index (κ2) is 7.67. The molecular formula is C20H19ClN6O3. The Morgan fingerprint density at radius 2 is 2.13 bits per heavy atom. The number of benzene rings is 1. The van der Waals surface area contributed by atoms with Crippen molar-refractivity contribution in [3.63, 3.8) is 0 Å². The Kier molecular flexibility index (Phi) is 4.86. The standard InChI is InChI=1S/C20H19ClN6O3/c1-26-9-12-7-16-19(20-23-17(25-30-20)10-29-6-5-28-2)22-11-27(16)15-4-3-13(21)8-14(15)18(12)24-26/h3-4,8-9,11H,5-7,10H2,1-2H3. The molecule has 0 N–H and O–H groups in total. The van der Waals surface area contributed by atoms with Crippen LogP contribution in [0.3, 0.4) is 0 Å². The number of aromatic nitrogens is 6. The fourth-order valence-electron chi connectivity index (χ4n) is 3.63. The van der Waals surface area contributed by atoms with Crippen LogP contribution in [-0.4, -0.2) is 49.8 Å². The van der Waals surface area contributed by atoms with Crippen LogP contribution in [0.25, 0.3) is 28.5 Å². The van der Waals surface area contributed by atoms with Gasteiger partial charge in [0.15, 0.2) is 11.5 Å². The summed E-state index contributed by atoms with van der Waals surface area (Å²) in [5.74, 6) is 0.822. The predicted octanol–water partition coefficient (Wildman–Crippen LogP) is 3.04. The van der Waals surface area contributed by atoms with Gasteiger partial charge in [-0.25, -0.2) is 4.98 Å². The number of methoxy groups -OCH3 is 1. The molecule has 30 heavy (non-hydrogen) atoms. The highest BCUT2D eigenvalue weighted by molar-refractivity contribution is 6.31. The summed E-state index contributed by atoms with van der Waals surface area (Å²) in [5, 5.41) is 9.33. The number of aryl methyl sites for hydroxylation is 1. The minimum absolute atomic E-state index is 0.247. The molecule has 0 atom stereocenters. The molecule has 0 aliphatic carbocycles. The van der Waals surface area contributed by atoms with Gasteiger partial charge in [0.25, 0.3) is 5.89 Å². The summed E-state index contributed by atoms with van der Waals surface area (Å²) >= 11 is 6.28. The quantitative estimate of drug-likeness (QED) is 0.385. The van der Waals surface area contributed by atoms with Crippen molar-refractivity contribution in [1.82, 2.24) is 29.5 Å². The molecule has 1 aliphatic heterocycles. The highest BCUT2D eigenvalue weighted by Gasteiger charge is 2.27. The number of fused-ring (bicyclic) bond motifs is 5. The van der Waals surface area contributed by atoms with Gasteiger partial charge in [-0.1, -0.05) is 16.8 Å². The van der Waals surface area contributed by atoms with E-state index in [-0.39, 0.29) is 6.61 Å². The summed E-state index contributed by atoms with van der Waals surface area (Å²) in [6.45, 7) is 1.22. The summed E-state index contributed by atoms with van der Waals surface area (Å²) in [5.41, 5.74) is 5.47. The largest absolute Gasteiger partial charge is 0.382 e. The van der Waals surface area contributed by atoms with Crippen LogP contribution in [0.1, 0.15) is 17.1 Å². The Balaban J connectivity index is 1.55. The first-order chi connectivity index (χ1) is 14.6. The molecule has 9 nitrogen and oxygen atoms in total. The fraction of sp³-hybridized carbons (Fsp3) is 0.300. The van der Waals surface area contributed by atoms with Crippen LogP contribution in [0.5, 0.6) is 0 Å². The molecule has 0 spiro atoms. The number of imidazole rings is 1. The Morgan fingerprint density at radius 1 is 1.23 bits per heavy atom. The van der Waals surface area contributed by atoms with Crippen LogP contribution in [0.4, 0.5) is 0 Å². The third-order valence-corrected chi connectivity index (χ3v) is 5.17. The van der Waals surface area contributed by atoms with Crippen molar-refractivity contribution in [1.29, 1.82) is 0 Å². The van der Waals surface area contributed by atoms with Crippen molar-refractivity contribution in [3.8, 4) is 28.5 Å². The minimum Gasteiger partial charge on any atom is -0.382 e. The molecule has 4 heterocycles. The summed E-state index contributed by atoms with van der Waals surface area (Å²) in [7, 11) is 3.53. The molecule has 0 saturated heterocycles. The molecule has 10 heteroatoms. The fourth-order valence-corrected chi connectivity index (χ4v) is 3.80. The third kappa shape index (κ3) is 3.30. The van der Waals surface area contributed by atoms with E-state index in [0.29, 0.717) is 42.1 Å². The summed E-state index contributed by atoms with van der Waals surface area (Å²) in [6, 6.07) is 5.76. The van der Waals surface area contributed by atoms with E-state index in [0.717, 1.165) is 28.2 Å². The smallest absolute Gasteiger partial charge is 0.278 e. The maximum atomic E-state index is 6.28. The first-order valence-electron chi connectivity index (χ1n) is 9.42. The van der Waals surface area contributed by atoms with E-state index in [4.69, 9.17) is 25.6 Å². The lowest BCUT2D eigenvalue weighted by atomic mass is 10.0. The molecule has 0 radical (unpaired) electrons. The zero-order chi connectivity index (χ0) is 20.7. The average Bonchev–Trinajstić information content (AvgIpc) is 3.43. The Labute approximate surface area is 177 Å². The normalized spacial score (nSPS) is 12.4. The van der Waals surface area contributed by atoms with Gasteiger partial charge in [-0.2, -0.15) is 10.1 Å². The van der Waals surface area contributed by atoms with Crippen molar-refractivity contribution in [2.75, 3.05) is 20.3 Å². The molecule has 5 rings (SSSR count). The van der Waals surface area contributed by atoms with Crippen LogP contribution in [0.15, 0.2) is 35.2 Å². The maximum Gasteiger partial charge on any atom is 0.278 e. The predicted molar refractivity (Wildman–Crippen MR) is 108 cm³/mol. The molecule has 1 aliphatic rings. The molecule has 1 aromatic carbocycles. The van der Waals surface area contributed by atoms with Gasteiger partial charge in [0.1, 0.15) is 12.9 Å². The highest BCUT2D eigenvalue weighted by Crippen LogP contribution is 2.38. The highest BCUT2D eigenvalue weighted by atomic mass is 35.5. The lowest BCUT2D eigenvalue weighted by molar-refractivity contribution is 0.0578. The molecule has 4 aromatic rings. The second-order valence-electron chi connectivity index (χ2n) is 6.99. The SMILES string of the molecule is COCCOCc1noc(-c2ncn3c2Cc2cn(C)nc2-c2cc(Cl)ccc2-3)n1. The second-order valence-corrected chi connectivity index (χ2v) is 7.42. The first-order valence-corrected chi connectivity index (χ1v) is 9.80. The van der Waals surface area contributed by atoms with E-state index in [1.807, 2.05) is 40.7 Å². The van der Waals surface area contributed by atoms with E-state index < -0.39 is 0 Å². The van der Waals surface area contributed by atoms with E-state index in [1.165, 1.54) is 0 Å². The lowest BCUT2D eigenvalue weighted by Gasteiger charge is -2.09. The molecule has 0 saturated carbocycles. The summed E-state index contributed by atoms with van der Waals surface area (Å²) < 4.78 is 19.8. The maximum absolute atomic E-state index is 6.28. The van der Waals surface area contributed by atoms with Gasteiger partial charge < -0.3 is 18.6 Å². The number of rotatable bonds is 6. The summed E-state index contributed by atoms with van der Waals surface area (Å²) in [6.07, 6.45) is 4.39. The monoisotopic (exact) mass is 426 g/mol. The zero-order valence-electron chi connectivity index (χ0n) is 16.5. The molecule has 0 bridgehead atoms. The van der Waals surface area contributed by atoms with Crippen LogP contribution < -0.4 is 0 Å². The Bertz CT molecular complexity index is 1210. The van der Waals surface area contributed by atoms with Crippen LogP contribution in [0.2, 0.25) is 5.02 Å². The van der Waals surface area contributed by atoms with Gasteiger partial charge in [0.05, 0.1) is 30.3 Å². The molecule has 0 unspecified atom stereocenters. The van der Waals surface area contributed by atoms with Gasteiger partial charge >= 0.3 is 0 Å². The topological polar surface area (TPSA) is 93.0 Å². The van der Waals surface area contributed by atoms with E-state index in [1.54, 1.807) is 13.4 Å². The van der Waals surface area contributed by atoms with Crippen molar-refractivity contribution < 1.29 is 14.0 Å². The van der Waals surface area contributed by atoms with Crippen LogP contribution in [0, 0.1) is 0 Å². The van der Waals surface area contributed by atoms with Gasteiger partial charge in [0, 0.05) is 42.9 Å². The molecule has 0 fully saturated rings. The van der Waals surface area contributed by atoms with Crippen molar-refractivity contribution in [2.45, 2.75) is 13.0 Å². The molecular weight excluding hydrogens is 408 g/mol. The third-order valence-electron chi connectivity index (χ3n) is 4.94. The number of hydrogen-bond acceptors (Lipinski definition) is 7. The minimum atomic E-state index is 0.247. The van der Waals surface area contributed by atoms with Crippen LogP contribution >= 0.6 is 11.6 Å². The Morgan fingerprint density at radius 3 is 3.00 bits per heavy atom. The van der Waals surface area contributed by atoms with Crippen LogP contribution in [-0.2, 0) is 29.5 Å². The van der Waals surface area contributed by atoms with Crippen molar-refractivity contribution in [3.05, 3.63) is 52.8 Å². The van der Waals surface area contributed by atoms with E-state index in [2.05, 4.69) is 20.2 Å². The van der Waals surface area contributed by atoms with Crippen molar-refractivity contribution in [2.24, 2.45) is 7.05 Å². The zero-order valence-corrected chi connectivity index (χ0v) is 17.3. The van der Waals surface area contributed by atoms with Gasteiger partial charge in [-0.3, -0.25) is 4.68 Å². The van der Waals surface area contributed by atoms with E-state index >= 15 is 0 Å².